The second kappa shape index (κ2) is 13.3. The summed E-state index contributed by atoms with van der Waals surface area (Å²) in [6.45, 7) is 9.41. The Labute approximate surface area is 275 Å². The van der Waals surface area contributed by atoms with Gasteiger partial charge in [-0.3, -0.25) is 9.36 Å². The van der Waals surface area contributed by atoms with Crippen LogP contribution in [0.5, 0.6) is 17.2 Å². The van der Waals surface area contributed by atoms with Crippen LogP contribution in [0.4, 0.5) is 0 Å². The number of hydrogen-bond donors (Lipinski definition) is 0. The van der Waals surface area contributed by atoms with Gasteiger partial charge in [-0.1, -0.05) is 17.4 Å². The summed E-state index contributed by atoms with van der Waals surface area (Å²) >= 11 is 1.23. The van der Waals surface area contributed by atoms with Crippen molar-refractivity contribution in [2.24, 2.45) is 4.99 Å². The van der Waals surface area contributed by atoms with Crippen molar-refractivity contribution in [3.05, 3.63) is 101 Å². The third-order valence-corrected chi connectivity index (χ3v) is 9.21. The molecule has 1 aliphatic rings. The first-order valence-electron chi connectivity index (χ1n) is 14.9. The van der Waals surface area contributed by atoms with Crippen molar-refractivity contribution in [1.82, 2.24) is 9.13 Å². The Morgan fingerprint density at radius 3 is 2.23 bits per heavy atom. The maximum atomic E-state index is 14.3. The molecule has 4 aromatic rings. The lowest BCUT2D eigenvalue weighted by molar-refractivity contribution is -0.139. The van der Waals surface area contributed by atoms with E-state index < -0.39 is 18.0 Å². The van der Waals surface area contributed by atoms with Crippen LogP contribution in [0, 0.1) is 20.8 Å². The van der Waals surface area contributed by atoms with Gasteiger partial charge < -0.3 is 28.3 Å². The van der Waals surface area contributed by atoms with Gasteiger partial charge in [-0.15, -0.1) is 0 Å². The maximum absolute atomic E-state index is 14.3. The number of carbonyl (C=O) groups excluding carboxylic acids is 2. The Hall–Kier alpha value is -5.10. The highest BCUT2D eigenvalue weighted by molar-refractivity contribution is 7.07. The van der Waals surface area contributed by atoms with Gasteiger partial charge in [-0.25, -0.2) is 14.6 Å². The molecule has 2 aromatic carbocycles. The second-order valence-corrected chi connectivity index (χ2v) is 11.9. The van der Waals surface area contributed by atoms with E-state index in [1.807, 2.05) is 49.6 Å². The predicted molar refractivity (Wildman–Crippen MR) is 178 cm³/mol. The quantitative estimate of drug-likeness (QED) is 0.244. The van der Waals surface area contributed by atoms with Crippen LogP contribution in [0.2, 0.25) is 0 Å². The zero-order valence-electron chi connectivity index (χ0n) is 27.8. The summed E-state index contributed by atoms with van der Waals surface area (Å²) in [4.78, 5) is 45.2. The van der Waals surface area contributed by atoms with Crippen molar-refractivity contribution in [2.75, 3.05) is 35.0 Å². The van der Waals surface area contributed by atoms with E-state index in [0.29, 0.717) is 43.4 Å². The lowest BCUT2D eigenvalue weighted by Gasteiger charge is -2.26. The van der Waals surface area contributed by atoms with E-state index in [-0.39, 0.29) is 17.7 Å². The van der Waals surface area contributed by atoms with Crippen molar-refractivity contribution >= 4 is 29.4 Å². The summed E-state index contributed by atoms with van der Waals surface area (Å²) in [7, 11) is 5.87. The van der Waals surface area contributed by atoms with Crippen LogP contribution in [0.15, 0.2) is 57.5 Å². The van der Waals surface area contributed by atoms with Crippen molar-refractivity contribution in [1.29, 1.82) is 0 Å². The van der Waals surface area contributed by atoms with E-state index in [2.05, 4.69) is 0 Å². The molecule has 0 fully saturated rings. The van der Waals surface area contributed by atoms with Crippen LogP contribution >= 0.6 is 11.3 Å². The fraction of sp³-hybridized carbons (Fsp3) is 0.314. The normalized spacial score (nSPS) is 14.4. The number of aryl methyl sites for hydroxylation is 1. The average molecular weight is 660 g/mol. The summed E-state index contributed by atoms with van der Waals surface area (Å²) in [6, 6.07) is 10.0. The number of hydrogen-bond acceptors (Lipinski definition) is 10. The summed E-state index contributed by atoms with van der Waals surface area (Å²) in [5.41, 5.74) is 5.62. The molecule has 246 valence electrons. The molecule has 0 aliphatic carbocycles. The first kappa shape index (κ1) is 33.3. The summed E-state index contributed by atoms with van der Waals surface area (Å²) in [5.74, 6) is 0.149. The zero-order valence-corrected chi connectivity index (χ0v) is 28.7. The summed E-state index contributed by atoms with van der Waals surface area (Å²) < 4.78 is 31.1. The number of benzene rings is 2. The van der Waals surface area contributed by atoms with Crippen molar-refractivity contribution < 1.29 is 33.3 Å². The molecule has 1 atom stereocenters. The second-order valence-electron chi connectivity index (χ2n) is 10.9. The maximum Gasteiger partial charge on any atom is 0.338 e. The van der Waals surface area contributed by atoms with E-state index in [9.17, 15) is 14.4 Å². The van der Waals surface area contributed by atoms with Gasteiger partial charge in [-0.2, -0.15) is 0 Å². The van der Waals surface area contributed by atoms with Crippen molar-refractivity contribution in [3.8, 4) is 22.9 Å². The molecule has 0 N–H and O–H groups in total. The third kappa shape index (κ3) is 5.73. The minimum Gasteiger partial charge on any atom is -0.493 e. The van der Waals surface area contributed by atoms with E-state index in [1.165, 1.54) is 44.3 Å². The molecule has 2 aromatic heterocycles. The molecule has 0 saturated heterocycles. The highest BCUT2D eigenvalue weighted by Gasteiger charge is 2.35. The highest BCUT2D eigenvalue weighted by atomic mass is 32.1. The minimum atomic E-state index is -0.878. The lowest BCUT2D eigenvalue weighted by Crippen LogP contribution is -2.40. The Morgan fingerprint density at radius 2 is 1.64 bits per heavy atom. The molecule has 0 amide bonds. The fourth-order valence-corrected chi connectivity index (χ4v) is 7.05. The van der Waals surface area contributed by atoms with Gasteiger partial charge in [0.15, 0.2) is 16.3 Å². The number of thiazole rings is 1. The third-order valence-electron chi connectivity index (χ3n) is 8.23. The molecule has 1 aliphatic heterocycles. The minimum absolute atomic E-state index is 0.152. The van der Waals surface area contributed by atoms with Gasteiger partial charge in [-0.05, 0) is 87.7 Å². The number of aromatic nitrogens is 2. The van der Waals surface area contributed by atoms with Gasteiger partial charge in [0, 0.05) is 17.1 Å². The van der Waals surface area contributed by atoms with Gasteiger partial charge in [0.25, 0.3) is 5.56 Å². The summed E-state index contributed by atoms with van der Waals surface area (Å²) in [5, 5.41) is 0. The highest BCUT2D eigenvalue weighted by Crippen LogP contribution is 2.42. The molecular weight excluding hydrogens is 622 g/mol. The smallest absolute Gasteiger partial charge is 0.338 e. The number of rotatable bonds is 9. The first-order chi connectivity index (χ1) is 22.5. The lowest BCUT2D eigenvalue weighted by atomic mass is 9.95. The number of carbonyl (C=O) groups is 2. The van der Waals surface area contributed by atoms with E-state index >= 15 is 0 Å². The van der Waals surface area contributed by atoms with Crippen molar-refractivity contribution in [3.63, 3.8) is 0 Å². The largest absolute Gasteiger partial charge is 0.493 e. The van der Waals surface area contributed by atoms with E-state index in [0.717, 1.165) is 28.2 Å². The van der Waals surface area contributed by atoms with E-state index in [1.54, 1.807) is 32.0 Å². The monoisotopic (exact) mass is 659 g/mol. The molecule has 0 radical (unpaired) electrons. The standard InChI is InChI=1S/C35H37N3O8S/c1-10-46-34(41)29-20(4)36-35-38(30(29)23-15-26(42-6)31(44-8)27(16-23)43-7)32(39)28(47-35)17-22-14-18(2)37(21(22)5)25-13-11-12-24(19(25)3)33(40)45-9/h11-17,30H,10H2,1-9H3/b28-17+/t30-/m1/s1. The molecule has 11 nitrogen and oxygen atoms in total. The molecule has 0 bridgehead atoms. The topological polar surface area (TPSA) is 120 Å². The van der Waals surface area contributed by atoms with Gasteiger partial charge in [0.05, 0.1) is 62.5 Å². The average Bonchev–Trinajstić information content (AvgIpc) is 3.52. The fourth-order valence-electron chi connectivity index (χ4n) is 6.01. The molecule has 5 rings (SSSR count). The molecule has 3 heterocycles. The SMILES string of the molecule is CCOC(=O)C1=C(C)N=c2s/c(=C/c3cc(C)n(-c4cccc(C(=O)OC)c4C)c3C)c(=O)n2[C@@H]1c1cc(OC)c(OC)c(OC)c1. The number of allylic oxidation sites excluding steroid dienone is 1. The van der Waals surface area contributed by atoms with Crippen LogP contribution in [0.3, 0.4) is 0 Å². The zero-order chi connectivity index (χ0) is 34.2. The van der Waals surface area contributed by atoms with Gasteiger partial charge in [0.1, 0.15) is 0 Å². The number of methoxy groups -OCH3 is 4. The van der Waals surface area contributed by atoms with Crippen LogP contribution in [0.25, 0.3) is 11.8 Å². The van der Waals surface area contributed by atoms with E-state index in [4.69, 9.17) is 28.7 Å². The van der Waals surface area contributed by atoms with Gasteiger partial charge in [0.2, 0.25) is 5.75 Å². The number of fused-ring (bicyclic) bond motifs is 1. The number of ether oxygens (including phenoxy) is 5. The predicted octanol–water partition coefficient (Wildman–Crippen LogP) is 4.33. The van der Waals surface area contributed by atoms with Crippen LogP contribution in [-0.2, 0) is 14.3 Å². The number of esters is 2. The Kier molecular flexibility index (Phi) is 9.43. The molecule has 47 heavy (non-hydrogen) atoms. The first-order valence-corrected chi connectivity index (χ1v) is 15.7. The van der Waals surface area contributed by atoms with Crippen LogP contribution in [-0.4, -0.2) is 56.1 Å². The molecule has 0 unspecified atom stereocenters. The molecule has 0 saturated carbocycles. The molecular formula is C35H37N3O8S. The molecule has 12 heteroatoms. The Morgan fingerprint density at radius 1 is 0.957 bits per heavy atom. The Balaban J connectivity index is 1.73. The number of nitrogens with zero attached hydrogens (tertiary/aromatic N) is 3. The molecule has 0 spiro atoms. The van der Waals surface area contributed by atoms with Crippen LogP contribution < -0.4 is 29.1 Å². The van der Waals surface area contributed by atoms with Crippen LogP contribution in [0.1, 0.15) is 58.3 Å². The Bertz CT molecular complexity index is 2090. The van der Waals surface area contributed by atoms with Crippen molar-refractivity contribution in [2.45, 2.75) is 40.7 Å². The van der Waals surface area contributed by atoms with Gasteiger partial charge >= 0.3 is 11.9 Å². The summed E-state index contributed by atoms with van der Waals surface area (Å²) in [6.07, 6.45) is 1.83.